The van der Waals surface area contributed by atoms with Crippen LogP contribution in [0.3, 0.4) is 0 Å². The van der Waals surface area contributed by atoms with Gasteiger partial charge in [-0.3, -0.25) is 0 Å². The molecule has 2 aromatic carbocycles. The lowest BCUT2D eigenvalue weighted by molar-refractivity contribution is -0.147. The first-order valence-corrected chi connectivity index (χ1v) is 10.1. The maximum atomic E-state index is 12.0. The van der Waals surface area contributed by atoms with E-state index in [1.54, 1.807) is 13.2 Å². The van der Waals surface area contributed by atoms with Crippen molar-refractivity contribution in [3.8, 4) is 22.1 Å². The summed E-state index contributed by atoms with van der Waals surface area (Å²) < 4.78 is 16.2. The van der Waals surface area contributed by atoms with Crippen molar-refractivity contribution < 1.29 is 19.0 Å². The van der Waals surface area contributed by atoms with Crippen molar-refractivity contribution in [1.82, 2.24) is 4.98 Å². The van der Waals surface area contributed by atoms with E-state index in [9.17, 15) is 4.79 Å². The standard InChI is InChI=1S/C23H23NO4S/c1-4-5-17-8-11-20(21(12-17)26-3)27-14-22(25)28-13-19-15-29-23(24-19)18-9-6-16(2)7-10-18/h4-12,15H,13-14H2,1-3H3/b5-4+. The summed E-state index contributed by atoms with van der Waals surface area (Å²) in [5.74, 6) is 0.595. The van der Waals surface area contributed by atoms with Crippen molar-refractivity contribution in [1.29, 1.82) is 0 Å². The van der Waals surface area contributed by atoms with Gasteiger partial charge in [-0.2, -0.15) is 0 Å². The van der Waals surface area contributed by atoms with Gasteiger partial charge in [0.2, 0.25) is 0 Å². The van der Waals surface area contributed by atoms with Gasteiger partial charge in [0.05, 0.1) is 12.8 Å². The summed E-state index contributed by atoms with van der Waals surface area (Å²) in [6.45, 7) is 3.90. The van der Waals surface area contributed by atoms with Crippen LogP contribution in [0.25, 0.3) is 16.6 Å². The molecule has 5 nitrogen and oxygen atoms in total. The number of rotatable bonds is 8. The van der Waals surface area contributed by atoms with Gasteiger partial charge >= 0.3 is 5.97 Å². The van der Waals surface area contributed by atoms with Crippen LogP contribution in [0.1, 0.15) is 23.7 Å². The van der Waals surface area contributed by atoms with Crippen LogP contribution in [0.5, 0.6) is 11.5 Å². The van der Waals surface area contributed by atoms with Gasteiger partial charge in [0, 0.05) is 10.9 Å². The van der Waals surface area contributed by atoms with Crippen LogP contribution in [-0.4, -0.2) is 24.7 Å². The maximum Gasteiger partial charge on any atom is 0.344 e. The Balaban J connectivity index is 1.52. The number of aryl methyl sites for hydroxylation is 1. The number of hydrogen-bond donors (Lipinski definition) is 0. The molecule has 0 radical (unpaired) electrons. The fraction of sp³-hybridized carbons (Fsp3) is 0.217. The smallest absolute Gasteiger partial charge is 0.344 e. The molecule has 3 rings (SSSR count). The largest absolute Gasteiger partial charge is 0.493 e. The van der Waals surface area contributed by atoms with Crippen LogP contribution in [0.15, 0.2) is 53.9 Å². The van der Waals surface area contributed by atoms with E-state index in [0.29, 0.717) is 17.2 Å². The predicted octanol–water partition coefficient (Wildman–Crippen LogP) is 5.28. The van der Waals surface area contributed by atoms with Gasteiger partial charge in [0.25, 0.3) is 0 Å². The Kier molecular flexibility index (Phi) is 7.03. The molecule has 3 aromatic rings. The molecule has 29 heavy (non-hydrogen) atoms. The number of carbonyl (C=O) groups is 1. The minimum absolute atomic E-state index is 0.113. The fourth-order valence-corrected chi connectivity index (χ4v) is 3.44. The van der Waals surface area contributed by atoms with Gasteiger partial charge in [0.1, 0.15) is 11.6 Å². The number of ether oxygens (including phenoxy) is 3. The quantitative estimate of drug-likeness (QED) is 0.474. The average molecular weight is 410 g/mol. The highest BCUT2D eigenvalue weighted by Gasteiger charge is 2.11. The molecule has 0 bridgehead atoms. The first-order valence-electron chi connectivity index (χ1n) is 9.19. The third-order valence-electron chi connectivity index (χ3n) is 4.12. The highest BCUT2D eigenvalue weighted by atomic mass is 32.1. The van der Waals surface area contributed by atoms with Crippen molar-refractivity contribution >= 4 is 23.4 Å². The molecule has 6 heteroatoms. The fourth-order valence-electron chi connectivity index (χ4n) is 2.63. The number of esters is 1. The van der Waals surface area contributed by atoms with Crippen molar-refractivity contribution in [2.75, 3.05) is 13.7 Å². The van der Waals surface area contributed by atoms with E-state index in [4.69, 9.17) is 14.2 Å². The Bertz CT molecular complexity index is 992. The lowest BCUT2D eigenvalue weighted by Crippen LogP contribution is -2.15. The van der Waals surface area contributed by atoms with Crippen LogP contribution in [0, 0.1) is 6.92 Å². The molecule has 0 fully saturated rings. The molecule has 0 saturated carbocycles. The number of allylic oxidation sites excluding steroid dienone is 1. The molecule has 0 atom stereocenters. The minimum atomic E-state index is -0.463. The predicted molar refractivity (Wildman–Crippen MR) is 115 cm³/mol. The van der Waals surface area contributed by atoms with E-state index >= 15 is 0 Å². The molecule has 0 spiro atoms. The summed E-state index contributed by atoms with van der Waals surface area (Å²) in [7, 11) is 1.56. The van der Waals surface area contributed by atoms with E-state index in [2.05, 4.69) is 4.98 Å². The van der Waals surface area contributed by atoms with Crippen molar-refractivity contribution in [2.24, 2.45) is 0 Å². The zero-order valence-corrected chi connectivity index (χ0v) is 17.5. The van der Waals surface area contributed by atoms with Crippen molar-refractivity contribution in [3.05, 3.63) is 70.7 Å². The van der Waals surface area contributed by atoms with Crippen LogP contribution in [0.4, 0.5) is 0 Å². The van der Waals surface area contributed by atoms with Crippen LogP contribution in [-0.2, 0) is 16.1 Å². The van der Waals surface area contributed by atoms with E-state index in [1.807, 2.05) is 67.8 Å². The Morgan fingerprint density at radius 1 is 1.14 bits per heavy atom. The molecular weight excluding hydrogens is 386 g/mol. The molecule has 0 aliphatic heterocycles. The van der Waals surface area contributed by atoms with Gasteiger partial charge in [0.15, 0.2) is 18.1 Å². The Labute approximate surface area is 174 Å². The maximum absolute atomic E-state index is 12.0. The number of nitrogens with zero attached hydrogens (tertiary/aromatic N) is 1. The molecule has 0 unspecified atom stereocenters. The van der Waals surface area contributed by atoms with Crippen molar-refractivity contribution in [3.63, 3.8) is 0 Å². The monoisotopic (exact) mass is 409 g/mol. The number of carbonyl (C=O) groups excluding carboxylic acids is 1. The van der Waals surface area contributed by atoms with Crippen LogP contribution >= 0.6 is 11.3 Å². The number of benzene rings is 2. The van der Waals surface area contributed by atoms with Gasteiger partial charge in [-0.15, -0.1) is 11.3 Å². The number of aromatic nitrogens is 1. The summed E-state index contributed by atoms with van der Waals surface area (Å²) in [5.41, 5.74) is 3.96. The second-order valence-electron chi connectivity index (χ2n) is 6.37. The summed E-state index contributed by atoms with van der Waals surface area (Å²) in [6, 6.07) is 13.7. The van der Waals surface area contributed by atoms with Gasteiger partial charge in [-0.05, 0) is 31.5 Å². The van der Waals surface area contributed by atoms with E-state index in [0.717, 1.165) is 16.1 Å². The molecule has 1 aromatic heterocycles. The topological polar surface area (TPSA) is 57.7 Å². The van der Waals surface area contributed by atoms with Gasteiger partial charge < -0.3 is 14.2 Å². The molecular formula is C23H23NO4S. The molecule has 0 aliphatic rings. The van der Waals surface area contributed by atoms with Gasteiger partial charge in [-0.1, -0.05) is 48.0 Å². The normalized spacial score (nSPS) is 10.9. The highest BCUT2D eigenvalue weighted by Crippen LogP contribution is 2.28. The number of methoxy groups -OCH3 is 1. The summed E-state index contributed by atoms with van der Waals surface area (Å²) in [4.78, 5) is 16.6. The lowest BCUT2D eigenvalue weighted by atomic mass is 10.2. The van der Waals surface area contributed by atoms with Crippen LogP contribution < -0.4 is 9.47 Å². The van der Waals surface area contributed by atoms with E-state index in [-0.39, 0.29) is 13.2 Å². The Morgan fingerprint density at radius 2 is 1.93 bits per heavy atom. The summed E-state index contributed by atoms with van der Waals surface area (Å²) in [5, 5.41) is 2.80. The van der Waals surface area contributed by atoms with E-state index in [1.165, 1.54) is 16.9 Å². The second kappa shape index (κ2) is 9.89. The molecule has 1 heterocycles. The first kappa shape index (κ1) is 20.6. The molecule has 0 aliphatic carbocycles. The van der Waals surface area contributed by atoms with Gasteiger partial charge in [-0.25, -0.2) is 9.78 Å². The second-order valence-corrected chi connectivity index (χ2v) is 7.23. The molecule has 0 saturated heterocycles. The highest BCUT2D eigenvalue weighted by molar-refractivity contribution is 7.13. The zero-order chi connectivity index (χ0) is 20.6. The SMILES string of the molecule is C/C=C/c1ccc(OCC(=O)OCc2csc(-c3ccc(C)cc3)n2)c(OC)c1. The number of thiazole rings is 1. The Morgan fingerprint density at radius 3 is 2.66 bits per heavy atom. The Hall–Kier alpha value is -3.12. The number of hydrogen-bond acceptors (Lipinski definition) is 6. The average Bonchev–Trinajstić information content (AvgIpc) is 3.21. The molecule has 150 valence electrons. The summed E-state index contributed by atoms with van der Waals surface area (Å²) in [6.07, 6.45) is 3.90. The zero-order valence-electron chi connectivity index (χ0n) is 16.7. The third kappa shape index (κ3) is 5.68. The minimum Gasteiger partial charge on any atom is -0.493 e. The lowest BCUT2D eigenvalue weighted by Gasteiger charge is -2.11. The van der Waals surface area contributed by atoms with Crippen LogP contribution in [0.2, 0.25) is 0 Å². The first-order chi connectivity index (χ1) is 14.1. The third-order valence-corrected chi connectivity index (χ3v) is 5.06. The summed E-state index contributed by atoms with van der Waals surface area (Å²) >= 11 is 1.52. The molecule has 0 N–H and O–H groups in total. The van der Waals surface area contributed by atoms with Crippen molar-refractivity contribution in [2.45, 2.75) is 20.5 Å². The molecule has 0 amide bonds. The van der Waals surface area contributed by atoms with E-state index < -0.39 is 5.97 Å².